The van der Waals surface area contributed by atoms with Crippen LogP contribution in [0.5, 0.6) is 0 Å². The molecule has 0 aliphatic rings. The Hall–Kier alpha value is -2.75. The minimum atomic E-state index is -4.58. The van der Waals surface area contributed by atoms with Gasteiger partial charge in [0.15, 0.2) is 5.58 Å². The van der Waals surface area contributed by atoms with Gasteiger partial charge in [-0.05, 0) is 6.07 Å². The lowest BCUT2D eigenvalue weighted by Gasteiger charge is -2.13. The number of oxazole rings is 1. The second-order valence-corrected chi connectivity index (χ2v) is 5.08. The molecule has 7 nitrogen and oxygen atoms in total. The number of anilines is 3. The van der Waals surface area contributed by atoms with Crippen molar-refractivity contribution in [2.24, 2.45) is 0 Å². The summed E-state index contributed by atoms with van der Waals surface area (Å²) in [6, 6.07) is 2.85. The van der Waals surface area contributed by atoms with Gasteiger partial charge in [-0.3, -0.25) is 4.98 Å². The quantitative estimate of drug-likeness (QED) is 0.663. The van der Waals surface area contributed by atoms with E-state index in [9.17, 15) is 18.0 Å². The van der Waals surface area contributed by atoms with E-state index in [1.165, 1.54) is 19.2 Å². The van der Waals surface area contributed by atoms with Crippen molar-refractivity contribution in [3.8, 4) is 0 Å². The molecule has 24 heavy (non-hydrogen) atoms. The molecule has 126 valence electrons. The number of benzene rings is 1. The Morgan fingerprint density at radius 1 is 1.33 bits per heavy atom. The first-order valence-electron chi connectivity index (χ1n) is 6.49. The summed E-state index contributed by atoms with van der Waals surface area (Å²) in [5.74, 6) is -1.14. The van der Waals surface area contributed by atoms with E-state index in [2.05, 4.69) is 25.6 Å². The van der Waals surface area contributed by atoms with Crippen LogP contribution in [0.15, 0.2) is 27.5 Å². The summed E-state index contributed by atoms with van der Waals surface area (Å²) in [6.07, 6.45) is -3.92. The van der Waals surface area contributed by atoms with Gasteiger partial charge in [-0.15, -0.1) is 0 Å². The third-order valence-electron chi connectivity index (χ3n) is 3.09. The van der Waals surface area contributed by atoms with E-state index < -0.39 is 17.5 Å². The molecule has 0 aliphatic heterocycles. The fourth-order valence-corrected chi connectivity index (χ4v) is 2.24. The Balaban J connectivity index is 1.99. The van der Waals surface area contributed by atoms with Gasteiger partial charge in [0, 0.05) is 19.3 Å². The normalized spacial score (nSPS) is 11.7. The van der Waals surface area contributed by atoms with Crippen LogP contribution < -0.4 is 16.4 Å². The van der Waals surface area contributed by atoms with Crippen LogP contribution >= 0.6 is 11.6 Å². The summed E-state index contributed by atoms with van der Waals surface area (Å²) >= 11 is 6.06. The van der Waals surface area contributed by atoms with Crippen molar-refractivity contribution in [1.82, 2.24) is 15.0 Å². The lowest BCUT2D eigenvalue weighted by molar-refractivity contribution is -0.137. The van der Waals surface area contributed by atoms with Crippen molar-refractivity contribution < 1.29 is 17.6 Å². The van der Waals surface area contributed by atoms with Gasteiger partial charge in [0.25, 0.3) is 0 Å². The van der Waals surface area contributed by atoms with Crippen LogP contribution in [0.25, 0.3) is 11.1 Å². The number of nitrogens with zero attached hydrogens (tertiary/aromatic N) is 2. The molecule has 3 rings (SSSR count). The zero-order valence-corrected chi connectivity index (χ0v) is 12.7. The predicted molar refractivity (Wildman–Crippen MR) is 81.7 cm³/mol. The van der Waals surface area contributed by atoms with E-state index in [1.807, 2.05) is 0 Å². The van der Waals surface area contributed by atoms with E-state index >= 15 is 0 Å². The summed E-state index contributed by atoms with van der Waals surface area (Å²) < 4.78 is 43.4. The highest BCUT2D eigenvalue weighted by Gasteiger charge is 2.35. The monoisotopic (exact) mass is 359 g/mol. The summed E-state index contributed by atoms with van der Waals surface area (Å²) in [5.41, 5.74) is -0.102. The molecule has 0 unspecified atom stereocenters. The number of hydrogen-bond acceptors (Lipinski definition) is 6. The SMILES string of the molecule is CNc1nc(Nc2cc3oc(=O)[nH]c3cc2Cl)ncc1C(F)(F)F. The van der Waals surface area contributed by atoms with Crippen molar-refractivity contribution in [3.05, 3.63) is 39.5 Å². The van der Waals surface area contributed by atoms with Gasteiger partial charge in [-0.2, -0.15) is 18.2 Å². The molecular formula is C13H9ClF3N5O2. The fourth-order valence-electron chi connectivity index (χ4n) is 2.03. The number of H-pyrrole nitrogens is 1. The van der Waals surface area contributed by atoms with Crippen LogP contribution in [0.3, 0.4) is 0 Å². The van der Waals surface area contributed by atoms with Crippen molar-refractivity contribution in [2.75, 3.05) is 17.7 Å². The molecule has 0 saturated carbocycles. The highest BCUT2D eigenvalue weighted by atomic mass is 35.5. The van der Waals surface area contributed by atoms with Crippen LogP contribution in [-0.4, -0.2) is 22.0 Å². The standard InChI is InChI=1S/C13H9ClF3N5O2/c1-18-10-5(13(15,16)17)4-19-11(22-10)20-7-3-9-8(2-6(7)14)21-12(23)24-9/h2-4H,1H3,(H,21,23)(H2,18,19,20,22). The second-order valence-electron chi connectivity index (χ2n) is 4.67. The van der Waals surface area contributed by atoms with Gasteiger partial charge in [0.1, 0.15) is 11.4 Å². The molecule has 0 aliphatic carbocycles. The minimum Gasteiger partial charge on any atom is -0.408 e. The molecule has 0 radical (unpaired) electrons. The number of fused-ring (bicyclic) bond motifs is 1. The van der Waals surface area contributed by atoms with Crippen molar-refractivity contribution in [1.29, 1.82) is 0 Å². The first-order chi connectivity index (χ1) is 11.3. The van der Waals surface area contributed by atoms with Crippen LogP contribution in [0, 0.1) is 0 Å². The average molecular weight is 360 g/mol. The number of aromatic nitrogens is 3. The lowest BCUT2D eigenvalue weighted by Crippen LogP contribution is -2.12. The van der Waals surface area contributed by atoms with Gasteiger partial charge in [-0.25, -0.2) is 9.78 Å². The first-order valence-corrected chi connectivity index (χ1v) is 6.87. The number of rotatable bonds is 3. The number of nitrogens with one attached hydrogen (secondary N) is 3. The molecule has 3 aromatic rings. The summed E-state index contributed by atoms with van der Waals surface area (Å²) in [7, 11) is 1.31. The highest BCUT2D eigenvalue weighted by molar-refractivity contribution is 6.34. The van der Waals surface area contributed by atoms with Gasteiger partial charge >= 0.3 is 11.9 Å². The molecule has 2 heterocycles. The van der Waals surface area contributed by atoms with E-state index in [-0.39, 0.29) is 28.1 Å². The Kier molecular flexibility index (Phi) is 3.84. The topological polar surface area (TPSA) is 95.8 Å². The van der Waals surface area contributed by atoms with Crippen LogP contribution in [0.4, 0.5) is 30.6 Å². The third kappa shape index (κ3) is 3.00. The van der Waals surface area contributed by atoms with E-state index in [0.29, 0.717) is 11.7 Å². The Morgan fingerprint density at radius 3 is 2.75 bits per heavy atom. The van der Waals surface area contributed by atoms with Crippen molar-refractivity contribution in [2.45, 2.75) is 6.18 Å². The Bertz CT molecular complexity index is 966. The van der Waals surface area contributed by atoms with Crippen molar-refractivity contribution >= 4 is 40.2 Å². The van der Waals surface area contributed by atoms with Gasteiger partial charge in [-0.1, -0.05) is 11.6 Å². The highest BCUT2D eigenvalue weighted by Crippen LogP contribution is 2.34. The smallest absolute Gasteiger partial charge is 0.408 e. The molecule has 0 atom stereocenters. The number of halogens is 4. The predicted octanol–water partition coefficient (Wildman–Crippen LogP) is 3.37. The molecule has 1 aromatic carbocycles. The van der Waals surface area contributed by atoms with Crippen LogP contribution in [0.1, 0.15) is 5.56 Å². The maximum Gasteiger partial charge on any atom is 0.421 e. The molecular weight excluding hydrogens is 351 g/mol. The zero-order valence-electron chi connectivity index (χ0n) is 12.0. The van der Waals surface area contributed by atoms with E-state index in [0.717, 1.165) is 0 Å². The zero-order chi connectivity index (χ0) is 17.5. The molecule has 2 aromatic heterocycles. The molecule has 3 N–H and O–H groups in total. The minimum absolute atomic E-state index is 0.105. The largest absolute Gasteiger partial charge is 0.421 e. The van der Waals surface area contributed by atoms with Crippen LogP contribution in [0.2, 0.25) is 5.02 Å². The maximum atomic E-state index is 12.8. The molecule has 11 heteroatoms. The van der Waals surface area contributed by atoms with E-state index in [1.54, 1.807) is 0 Å². The van der Waals surface area contributed by atoms with Crippen LogP contribution in [-0.2, 0) is 6.18 Å². The maximum absolute atomic E-state index is 12.8. The molecule has 0 bridgehead atoms. The fraction of sp³-hybridized carbons (Fsp3) is 0.154. The average Bonchev–Trinajstić information content (AvgIpc) is 2.85. The number of alkyl halides is 3. The Labute approximate surface area is 136 Å². The van der Waals surface area contributed by atoms with Crippen molar-refractivity contribution in [3.63, 3.8) is 0 Å². The third-order valence-corrected chi connectivity index (χ3v) is 3.40. The second kappa shape index (κ2) is 5.71. The van der Waals surface area contributed by atoms with Gasteiger partial charge in [0.05, 0.1) is 16.2 Å². The van der Waals surface area contributed by atoms with Gasteiger partial charge in [0.2, 0.25) is 5.95 Å². The number of aromatic amines is 1. The van der Waals surface area contributed by atoms with Gasteiger partial charge < -0.3 is 15.1 Å². The first kappa shape index (κ1) is 16.1. The van der Waals surface area contributed by atoms with E-state index in [4.69, 9.17) is 16.0 Å². The number of hydrogen-bond donors (Lipinski definition) is 3. The molecule has 0 spiro atoms. The summed E-state index contributed by atoms with van der Waals surface area (Å²) in [5, 5.41) is 5.26. The Morgan fingerprint density at radius 2 is 2.08 bits per heavy atom. The molecule has 0 saturated heterocycles. The summed E-state index contributed by atoms with van der Waals surface area (Å²) in [6.45, 7) is 0. The lowest BCUT2D eigenvalue weighted by atomic mass is 10.3. The molecule has 0 fully saturated rings. The molecule has 0 amide bonds. The summed E-state index contributed by atoms with van der Waals surface area (Å²) in [4.78, 5) is 21.0.